The van der Waals surface area contributed by atoms with Gasteiger partial charge >= 0.3 is 0 Å². The second-order valence-corrected chi connectivity index (χ2v) is 5.07. The highest BCUT2D eigenvalue weighted by Gasteiger charge is 2.03. The maximum Gasteiger partial charge on any atom is 0.188 e. The fraction of sp³-hybridized carbons (Fsp3) is 0.333. The predicted molar refractivity (Wildman–Crippen MR) is 81.7 cm³/mol. The first kappa shape index (κ1) is 14.1. The summed E-state index contributed by atoms with van der Waals surface area (Å²) in [7, 11) is 0. The number of nitrogens with one attached hydrogen (secondary N) is 1. The van der Waals surface area contributed by atoms with Crippen molar-refractivity contribution in [2.24, 2.45) is 16.6 Å². The number of guanidine groups is 1. The van der Waals surface area contributed by atoms with Gasteiger partial charge < -0.3 is 15.6 Å². The lowest BCUT2D eigenvalue weighted by atomic mass is 10.2. The molecule has 0 spiro atoms. The van der Waals surface area contributed by atoms with Crippen LogP contribution in [-0.4, -0.2) is 22.1 Å². The molecule has 5 heteroatoms. The lowest BCUT2D eigenvalue weighted by molar-refractivity contribution is 0.622. The monoisotopic (exact) mass is 271 g/mol. The number of aliphatic imine (C=N–C) groups is 1. The minimum absolute atomic E-state index is 0.485. The molecule has 0 aliphatic heterocycles. The molecule has 5 nitrogen and oxygen atoms in total. The molecule has 1 aromatic heterocycles. The first-order valence-corrected chi connectivity index (χ1v) is 6.77. The van der Waals surface area contributed by atoms with Crippen LogP contribution >= 0.6 is 0 Å². The Balaban J connectivity index is 2.08. The number of hydrogen-bond donors (Lipinski definition) is 2. The third kappa shape index (κ3) is 3.85. The standard InChI is InChI=1S/C15H21N5/c1-12(2)9-18-15(16)19-10-13-5-3-4-6-14(13)20-8-7-17-11-20/h3-8,11-12H,9-10H2,1-2H3,(H3,16,18,19). The van der Waals surface area contributed by atoms with Gasteiger partial charge in [-0.15, -0.1) is 0 Å². The Bertz CT molecular complexity index is 557. The first-order chi connectivity index (χ1) is 9.66. The minimum Gasteiger partial charge on any atom is -0.370 e. The van der Waals surface area contributed by atoms with E-state index in [0.717, 1.165) is 17.8 Å². The average Bonchev–Trinajstić information content (AvgIpc) is 2.97. The van der Waals surface area contributed by atoms with E-state index in [1.807, 2.05) is 29.0 Å². The summed E-state index contributed by atoms with van der Waals surface area (Å²) in [6, 6.07) is 8.10. The van der Waals surface area contributed by atoms with Gasteiger partial charge in [-0.25, -0.2) is 9.98 Å². The maximum absolute atomic E-state index is 5.86. The van der Waals surface area contributed by atoms with E-state index in [0.29, 0.717) is 18.4 Å². The van der Waals surface area contributed by atoms with Gasteiger partial charge in [0.25, 0.3) is 0 Å². The van der Waals surface area contributed by atoms with Gasteiger partial charge in [-0.1, -0.05) is 32.0 Å². The molecule has 2 aromatic rings. The highest BCUT2D eigenvalue weighted by molar-refractivity contribution is 5.77. The molecule has 0 amide bonds. The summed E-state index contributed by atoms with van der Waals surface area (Å²) in [5, 5.41) is 3.12. The van der Waals surface area contributed by atoms with Gasteiger partial charge in [0, 0.05) is 18.9 Å². The van der Waals surface area contributed by atoms with Crippen molar-refractivity contribution in [3.05, 3.63) is 48.5 Å². The summed E-state index contributed by atoms with van der Waals surface area (Å²) in [5.41, 5.74) is 8.04. The summed E-state index contributed by atoms with van der Waals surface area (Å²) in [5.74, 6) is 1.03. The molecule has 20 heavy (non-hydrogen) atoms. The second-order valence-electron chi connectivity index (χ2n) is 5.07. The van der Waals surface area contributed by atoms with Crippen molar-refractivity contribution in [2.75, 3.05) is 6.54 Å². The molecule has 0 atom stereocenters. The van der Waals surface area contributed by atoms with E-state index in [4.69, 9.17) is 5.73 Å². The summed E-state index contributed by atoms with van der Waals surface area (Å²) in [4.78, 5) is 8.46. The summed E-state index contributed by atoms with van der Waals surface area (Å²) >= 11 is 0. The molecular weight excluding hydrogens is 250 g/mol. The van der Waals surface area contributed by atoms with Gasteiger partial charge in [0.05, 0.1) is 18.6 Å². The van der Waals surface area contributed by atoms with E-state index < -0.39 is 0 Å². The van der Waals surface area contributed by atoms with E-state index in [-0.39, 0.29) is 0 Å². The van der Waals surface area contributed by atoms with Crippen LogP contribution in [0.5, 0.6) is 0 Å². The third-order valence-corrected chi connectivity index (χ3v) is 2.89. The molecular formula is C15H21N5. The maximum atomic E-state index is 5.86. The number of hydrogen-bond acceptors (Lipinski definition) is 2. The number of nitrogens with two attached hydrogens (primary N) is 1. The molecule has 0 bridgehead atoms. The van der Waals surface area contributed by atoms with Crippen LogP contribution in [0.15, 0.2) is 48.0 Å². The van der Waals surface area contributed by atoms with Crippen molar-refractivity contribution in [3.63, 3.8) is 0 Å². The van der Waals surface area contributed by atoms with Crippen molar-refractivity contribution in [1.82, 2.24) is 14.9 Å². The van der Waals surface area contributed by atoms with E-state index in [1.54, 1.807) is 12.5 Å². The highest BCUT2D eigenvalue weighted by atomic mass is 15.1. The Labute approximate surface area is 119 Å². The molecule has 106 valence electrons. The van der Waals surface area contributed by atoms with E-state index in [2.05, 4.69) is 35.2 Å². The van der Waals surface area contributed by atoms with Crippen LogP contribution in [0.4, 0.5) is 0 Å². The molecule has 1 aromatic carbocycles. The zero-order valence-electron chi connectivity index (χ0n) is 12.0. The molecule has 0 fully saturated rings. The molecule has 1 heterocycles. The van der Waals surface area contributed by atoms with E-state index in [9.17, 15) is 0 Å². The Kier molecular flexibility index (Phi) is 4.76. The molecule has 2 rings (SSSR count). The lowest BCUT2D eigenvalue weighted by Crippen LogP contribution is -2.34. The first-order valence-electron chi connectivity index (χ1n) is 6.77. The molecule has 0 aliphatic carbocycles. The topological polar surface area (TPSA) is 68.2 Å². The zero-order chi connectivity index (χ0) is 14.4. The van der Waals surface area contributed by atoms with Crippen LogP contribution in [-0.2, 0) is 6.54 Å². The van der Waals surface area contributed by atoms with Crippen LogP contribution in [0.3, 0.4) is 0 Å². The summed E-state index contributed by atoms with van der Waals surface area (Å²) in [6.45, 7) is 5.65. The zero-order valence-corrected chi connectivity index (χ0v) is 12.0. The molecule has 0 aliphatic rings. The third-order valence-electron chi connectivity index (χ3n) is 2.89. The smallest absolute Gasteiger partial charge is 0.188 e. The highest BCUT2D eigenvalue weighted by Crippen LogP contribution is 2.14. The van der Waals surface area contributed by atoms with Gasteiger partial charge in [0.1, 0.15) is 0 Å². The summed E-state index contributed by atoms with van der Waals surface area (Å²) in [6.07, 6.45) is 5.46. The van der Waals surface area contributed by atoms with Crippen molar-refractivity contribution >= 4 is 5.96 Å². The van der Waals surface area contributed by atoms with Gasteiger partial charge in [0.15, 0.2) is 5.96 Å². The molecule has 0 saturated heterocycles. The van der Waals surface area contributed by atoms with Crippen molar-refractivity contribution < 1.29 is 0 Å². The van der Waals surface area contributed by atoms with Gasteiger partial charge in [-0.3, -0.25) is 0 Å². The van der Waals surface area contributed by atoms with Crippen LogP contribution in [0.2, 0.25) is 0 Å². The number of benzene rings is 1. The molecule has 0 unspecified atom stereocenters. The Hall–Kier alpha value is -2.30. The van der Waals surface area contributed by atoms with Gasteiger partial charge in [-0.2, -0.15) is 0 Å². The van der Waals surface area contributed by atoms with Crippen LogP contribution in [0.25, 0.3) is 5.69 Å². The Morgan fingerprint density at radius 2 is 2.20 bits per heavy atom. The van der Waals surface area contributed by atoms with E-state index >= 15 is 0 Å². The number of nitrogens with zero attached hydrogens (tertiary/aromatic N) is 3. The quantitative estimate of drug-likeness (QED) is 0.645. The summed E-state index contributed by atoms with van der Waals surface area (Å²) < 4.78 is 1.97. The van der Waals surface area contributed by atoms with Gasteiger partial charge in [0.2, 0.25) is 0 Å². The Morgan fingerprint density at radius 3 is 2.90 bits per heavy atom. The van der Waals surface area contributed by atoms with E-state index in [1.165, 1.54) is 0 Å². The van der Waals surface area contributed by atoms with Crippen molar-refractivity contribution in [3.8, 4) is 5.69 Å². The molecule has 0 saturated carbocycles. The average molecular weight is 271 g/mol. The second kappa shape index (κ2) is 6.75. The normalized spacial score (nSPS) is 11.8. The van der Waals surface area contributed by atoms with Crippen LogP contribution in [0.1, 0.15) is 19.4 Å². The van der Waals surface area contributed by atoms with Crippen LogP contribution < -0.4 is 11.1 Å². The van der Waals surface area contributed by atoms with Crippen LogP contribution in [0, 0.1) is 5.92 Å². The van der Waals surface area contributed by atoms with Crippen molar-refractivity contribution in [1.29, 1.82) is 0 Å². The molecule has 0 radical (unpaired) electrons. The van der Waals surface area contributed by atoms with Gasteiger partial charge in [-0.05, 0) is 17.5 Å². The molecule has 3 N–H and O–H groups in total. The largest absolute Gasteiger partial charge is 0.370 e. The number of para-hydroxylation sites is 1. The Morgan fingerprint density at radius 1 is 1.40 bits per heavy atom. The predicted octanol–water partition coefficient (Wildman–Crippen LogP) is 1.93. The number of imidazole rings is 1. The SMILES string of the molecule is CC(C)CNC(N)=NCc1ccccc1-n1ccnc1. The van der Waals surface area contributed by atoms with Crippen molar-refractivity contribution in [2.45, 2.75) is 20.4 Å². The minimum atomic E-state index is 0.485. The fourth-order valence-electron chi connectivity index (χ4n) is 1.83. The lowest BCUT2D eigenvalue weighted by Gasteiger charge is -2.10. The number of aromatic nitrogens is 2. The number of rotatable bonds is 5. The fourth-order valence-corrected chi connectivity index (χ4v) is 1.83.